The first-order valence-electron chi connectivity index (χ1n) is 6.63. The van der Waals surface area contributed by atoms with Crippen molar-refractivity contribution in [3.05, 3.63) is 63.6 Å². The smallest absolute Gasteiger partial charge is 0.129 e. The fourth-order valence-corrected chi connectivity index (χ4v) is 2.53. The van der Waals surface area contributed by atoms with Gasteiger partial charge in [-0.05, 0) is 43.7 Å². The lowest BCUT2D eigenvalue weighted by molar-refractivity contribution is 0.333. The Kier molecular flexibility index (Phi) is 5.31. The summed E-state index contributed by atoms with van der Waals surface area (Å²) < 4.78 is 33.8. The van der Waals surface area contributed by atoms with Gasteiger partial charge in [-0.25, -0.2) is 8.78 Å². The summed E-state index contributed by atoms with van der Waals surface area (Å²) in [5.41, 5.74) is 6.84. The summed E-state index contributed by atoms with van der Waals surface area (Å²) in [5.74, 6) is -0.540. The van der Waals surface area contributed by atoms with Crippen LogP contribution in [0.25, 0.3) is 0 Å². The maximum absolute atomic E-state index is 13.7. The Labute approximate surface area is 131 Å². The fourth-order valence-electron chi connectivity index (χ4n) is 2.15. The molecular formula is C16H16BrF2NO. The van der Waals surface area contributed by atoms with Gasteiger partial charge in [0.25, 0.3) is 0 Å². The van der Waals surface area contributed by atoms with Crippen LogP contribution in [0.1, 0.15) is 24.1 Å². The van der Waals surface area contributed by atoms with Gasteiger partial charge < -0.3 is 10.5 Å². The lowest BCUT2D eigenvalue weighted by Gasteiger charge is -2.17. The van der Waals surface area contributed by atoms with Crippen LogP contribution in [0.3, 0.4) is 0 Å². The average Bonchev–Trinajstić information content (AvgIpc) is 2.45. The van der Waals surface area contributed by atoms with E-state index >= 15 is 0 Å². The van der Waals surface area contributed by atoms with Gasteiger partial charge in [-0.15, -0.1) is 0 Å². The number of benzene rings is 2. The molecule has 0 saturated carbocycles. The zero-order valence-corrected chi connectivity index (χ0v) is 13.2. The topological polar surface area (TPSA) is 35.2 Å². The maximum Gasteiger partial charge on any atom is 0.129 e. The van der Waals surface area contributed by atoms with Crippen LogP contribution < -0.4 is 10.5 Å². The fraction of sp³-hybridized carbons (Fsp3) is 0.250. The molecule has 112 valence electrons. The SMILES string of the molecule is CCOc1ccc(Br)cc1C(N)Cc1c(F)cccc1F. The minimum Gasteiger partial charge on any atom is -0.494 e. The molecule has 0 bridgehead atoms. The second-order valence-electron chi connectivity index (χ2n) is 4.63. The second kappa shape index (κ2) is 7.00. The molecule has 0 radical (unpaired) electrons. The van der Waals surface area contributed by atoms with Crippen molar-refractivity contribution in [2.45, 2.75) is 19.4 Å². The Hall–Kier alpha value is -1.46. The van der Waals surface area contributed by atoms with E-state index in [-0.39, 0.29) is 12.0 Å². The van der Waals surface area contributed by atoms with Crippen molar-refractivity contribution < 1.29 is 13.5 Å². The van der Waals surface area contributed by atoms with E-state index in [2.05, 4.69) is 15.9 Å². The predicted molar refractivity (Wildman–Crippen MR) is 82.3 cm³/mol. The number of nitrogens with two attached hydrogens (primary N) is 1. The van der Waals surface area contributed by atoms with E-state index in [4.69, 9.17) is 10.5 Å². The van der Waals surface area contributed by atoms with E-state index in [1.54, 1.807) is 6.07 Å². The first kappa shape index (κ1) is 15.9. The van der Waals surface area contributed by atoms with E-state index in [0.717, 1.165) is 4.47 Å². The van der Waals surface area contributed by atoms with Crippen LogP contribution in [0.15, 0.2) is 40.9 Å². The molecule has 5 heteroatoms. The maximum atomic E-state index is 13.7. The standard InChI is InChI=1S/C16H16BrF2NO/c1-2-21-16-7-6-10(17)8-12(16)15(20)9-11-13(18)4-3-5-14(11)19/h3-8,15H,2,9,20H2,1H3. The van der Waals surface area contributed by atoms with Crippen LogP contribution in [0.5, 0.6) is 5.75 Å². The van der Waals surface area contributed by atoms with Gasteiger partial charge >= 0.3 is 0 Å². The molecule has 2 N–H and O–H groups in total. The molecule has 0 saturated heterocycles. The average molecular weight is 356 g/mol. The molecule has 0 spiro atoms. The Morgan fingerprint density at radius 1 is 1.19 bits per heavy atom. The van der Waals surface area contributed by atoms with E-state index < -0.39 is 17.7 Å². The van der Waals surface area contributed by atoms with Crippen LogP contribution in [0.2, 0.25) is 0 Å². The van der Waals surface area contributed by atoms with E-state index in [0.29, 0.717) is 17.9 Å². The van der Waals surface area contributed by atoms with Gasteiger partial charge in [0.1, 0.15) is 17.4 Å². The summed E-state index contributed by atoms with van der Waals surface area (Å²) in [6.07, 6.45) is 0.0645. The van der Waals surface area contributed by atoms with Gasteiger partial charge in [-0.2, -0.15) is 0 Å². The zero-order chi connectivity index (χ0) is 15.4. The highest BCUT2D eigenvalue weighted by Crippen LogP contribution is 2.30. The number of hydrogen-bond donors (Lipinski definition) is 1. The molecular weight excluding hydrogens is 340 g/mol. The number of hydrogen-bond acceptors (Lipinski definition) is 2. The molecule has 2 rings (SSSR count). The largest absolute Gasteiger partial charge is 0.494 e. The molecule has 2 aromatic carbocycles. The van der Waals surface area contributed by atoms with Crippen molar-refractivity contribution >= 4 is 15.9 Å². The minimum absolute atomic E-state index is 0.00701. The highest BCUT2D eigenvalue weighted by molar-refractivity contribution is 9.10. The van der Waals surface area contributed by atoms with Crippen molar-refractivity contribution in [1.82, 2.24) is 0 Å². The molecule has 0 aliphatic rings. The van der Waals surface area contributed by atoms with E-state index in [9.17, 15) is 8.78 Å². The molecule has 1 unspecified atom stereocenters. The highest BCUT2D eigenvalue weighted by Gasteiger charge is 2.17. The molecule has 2 nitrogen and oxygen atoms in total. The molecule has 2 aromatic rings. The van der Waals surface area contributed by atoms with Gasteiger partial charge in [0.15, 0.2) is 0 Å². The third kappa shape index (κ3) is 3.80. The Morgan fingerprint density at radius 2 is 1.86 bits per heavy atom. The molecule has 21 heavy (non-hydrogen) atoms. The number of rotatable bonds is 5. The van der Waals surface area contributed by atoms with Crippen molar-refractivity contribution in [2.75, 3.05) is 6.61 Å². The third-order valence-electron chi connectivity index (χ3n) is 3.16. The van der Waals surface area contributed by atoms with Crippen LogP contribution in [-0.4, -0.2) is 6.61 Å². The van der Waals surface area contributed by atoms with Gasteiger partial charge in [0, 0.05) is 21.6 Å². The summed E-state index contributed by atoms with van der Waals surface area (Å²) in [4.78, 5) is 0. The summed E-state index contributed by atoms with van der Waals surface area (Å²) in [7, 11) is 0. The summed E-state index contributed by atoms with van der Waals surface area (Å²) >= 11 is 3.37. The molecule has 0 aromatic heterocycles. The zero-order valence-electron chi connectivity index (χ0n) is 11.6. The highest BCUT2D eigenvalue weighted by atomic mass is 79.9. The van der Waals surface area contributed by atoms with Crippen LogP contribution in [-0.2, 0) is 6.42 Å². The summed E-state index contributed by atoms with van der Waals surface area (Å²) in [6.45, 7) is 2.36. The van der Waals surface area contributed by atoms with Crippen LogP contribution in [0.4, 0.5) is 8.78 Å². The van der Waals surface area contributed by atoms with E-state index in [1.807, 2.05) is 19.1 Å². The normalized spacial score (nSPS) is 12.2. The molecule has 0 fully saturated rings. The van der Waals surface area contributed by atoms with Gasteiger partial charge in [0.2, 0.25) is 0 Å². The second-order valence-corrected chi connectivity index (χ2v) is 5.54. The van der Waals surface area contributed by atoms with Gasteiger partial charge in [-0.3, -0.25) is 0 Å². The van der Waals surface area contributed by atoms with Gasteiger partial charge in [0.05, 0.1) is 6.61 Å². The first-order chi connectivity index (χ1) is 10.0. The Balaban J connectivity index is 2.32. The van der Waals surface area contributed by atoms with Crippen molar-refractivity contribution in [1.29, 1.82) is 0 Å². The number of halogens is 3. The van der Waals surface area contributed by atoms with Crippen LogP contribution in [0, 0.1) is 11.6 Å². The Morgan fingerprint density at radius 3 is 2.48 bits per heavy atom. The summed E-state index contributed by atoms with van der Waals surface area (Å²) in [6, 6.07) is 8.69. The monoisotopic (exact) mass is 355 g/mol. The molecule has 0 amide bonds. The van der Waals surface area contributed by atoms with Crippen molar-refractivity contribution in [3.63, 3.8) is 0 Å². The van der Waals surface area contributed by atoms with E-state index in [1.165, 1.54) is 18.2 Å². The molecule has 0 aliphatic heterocycles. The Bertz CT molecular complexity index is 613. The predicted octanol–water partition coefficient (Wildman–Crippen LogP) is 4.37. The lowest BCUT2D eigenvalue weighted by Crippen LogP contribution is -2.16. The van der Waals surface area contributed by atoms with Crippen LogP contribution >= 0.6 is 15.9 Å². The first-order valence-corrected chi connectivity index (χ1v) is 7.43. The van der Waals surface area contributed by atoms with Crippen molar-refractivity contribution in [2.24, 2.45) is 5.73 Å². The van der Waals surface area contributed by atoms with Gasteiger partial charge in [-0.1, -0.05) is 22.0 Å². The third-order valence-corrected chi connectivity index (χ3v) is 3.65. The number of ether oxygens (including phenoxy) is 1. The molecule has 1 atom stereocenters. The quantitative estimate of drug-likeness (QED) is 0.864. The summed E-state index contributed by atoms with van der Waals surface area (Å²) in [5, 5.41) is 0. The minimum atomic E-state index is -0.585. The molecule has 0 heterocycles. The van der Waals surface area contributed by atoms with Crippen molar-refractivity contribution in [3.8, 4) is 5.75 Å². The molecule has 0 aliphatic carbocycles. The lowest BCUT2D eigenvalue weighted by atomic mass is 9.98.